The van der Waals surface area contributed by atoms with Gasteiger partial charge in [0.2, 0.25) is 11.8 Å². The van der Waals surface area contributed by atoms with Crippen molar-refractivity contribution in [1.82, 2.24) is 15.6 Å². The van der Waals surface area contributed by atoms with Gasteiger partial charge < -0.3 is 10.6 Å². The Bertz CT molecular complexity index is 494. The molecule has 108 valence electrons. The zero-order valence-electron chi connectivity index (χ0n) is 12.1. The van der Waals surface area contributed by atoms with Crippen molar-refractivity contribution in [3.8, 4) is 0 Å². The summed E-state index contributed by atoms with van der Waals surface area (Å²) in [6.45, 7) is 6.29. The van der Waals surface area contributed by atoms with Crippen LogP contribution in [-0.2, 0) is 16.1 Å². The highest BCUT2D eigenvalue weighted by Gasteiger charge is 2.48. The summed E-state index contributed by atoms with van der Waals surface area (Å²) in [7, 11) is 0. The number of aromatic nitrogens is 1. The molecule has 20 heavy (non-hydrogen) atoms. The van der Waals surface area contributed by atoms with Crippen LogP contribution in [0.15, 0.2) is 24.5 Å². The molecule has 1 aromatic rings. The minimum Gasteiger partial charge on any atom is -0.352 e. The van der Waals surface area contributed by atoms with Crippen LogP contribution in [-0.4, -0.2) is 22.3 Å². The van der Waals surface area contributed by atoms with Crippen LogP contribution in [0.4, 0.5) is 0 Å². The van der Waals surface area contributed by atoms with Gasteiger partial charge in [0.15, 0.2) is 0 Å². The van der Waals surface area contributed by atoms with Crippen LogP contribution < -0.4 is 10.6 Å². The molecular formula is C15H21N3O2. The lowest BCUT2D eigenvalue weighted by molar-refractivity contribution is -0.128. The van der Waals surface area contributed by atoms with Crippen molar-refractivity contribution in [3.05, 3.63) is 30.1 Å². The van der Waals surface area contributed by atoms with E-state index < -0.39 is 0 Å². The van der Waals surface area contributed by atoms with E-state index in [1.165, 1.54) is 0 Å². The van der Waals surface area contributed by atoms with Crippen LogP contribution in [0.1, 0.15) is 32.8 Å². The Labute approximate surface area is 119 Å². The molecule has 0 saturated heterocycles. The van der Waals surface area contributed by atoms with E-state index in [0.29, 0.717) is 13.0 Å². The van der Waals surface area contributed by atoms with E-state index in [4.69, 9.17) is 0 Å². The fourth-order valence-electron chi connectivity index (χ4n) is 2.06. The summed E-state index contributed by atoms with van der Waals surface area (Å²) in [5, 5.41) is 5.77. The lowest BCUT2D eigenvalue weighted by Gasteiger charge is -2.20. The molecular weight excluding hydrogens is 254 g/mol. The first-order chi connectivity index (χ1) is 9.37. The molecule has 2 N–H and O–H groups in total. The Morgan fingerprint density at radius 3 is 2.40 bits per heavy atom. The Morgan fingerprint density at radius 2 is 1.80 bits per heavy atom. The highest BCUT2D eigenvalue weighted by molar-refractivity contribution is 5.92. The molecule has 1 aliphatic rings. The first-order valence-corrected chi connectivity index (χ1v) is 6.85. The second-order valence-corrected chi connectivity index (χ2v) is 6.26. The van der Waals surface area contributed by atoms with E-state index in [9.17, 15) is 9.59 Å². The van der Waals surface area contributed by atoms with Crippen LogP contribution in [0.25, 0.3) is 0 Å². The number of hydrogen-bond acceptors (Lipinski definition) is 3. The number of carbonyl (C=O) groups excluding carboxylic acids is 2. The molecule has 1 fully saturated rings. The molecule has 2 atom stereocenters. The Kier molecular flexibility index (Phi) is 4.06. The Balaban J connectivity index is 1.77. The average molecular weight is 275 g/mol. The van der Waals surface area contributed by atoms with Gasteiger partial charge in [0.1, 0.15) is 0 Å². The predicted octanol–water partition coefficient (Wildman–Crippen LogP) is 1.25. The molecule has 1 aliphatic carbocycles. The van der Waals surface area contributed by atoms with Crippen molar-refractivity contribution in [2.45, 2.75) is 39.3 Å². The summed E-state index contributed by atoms with van der Waals surface area (Å²) >= 11 is 0. The van der Waals surface area contributed by atoms with Gasteiger partial charge in [-0.2, -0.15) is 0 Å². The van der Waals surface area contributed by atoms with Gasteiger partial charge in [-0.15, -0.1) is 0 Å². The van der Waals surface area contributed by atoms with E-state index in [1.807, 2.05) is 32.9 Å². The van der Waals surface area contributed by atoms with Crippen LogP contribution >= 0.6 is 0 Å². The molecule has 1 saturated carbocycles. The third-order valence-electron chi connectivity index (χ3n) is 3.18. The minimum absolute atomic E-state index is 0.0263. The van der Waals surface area contributed by atoms with Gasteiger partial charge in [-0.1, -0.05) is 0 Å². The summed E-state index contributed by atoms with van der Waals surface area (Å²) in [6, 6.07) is 3.72. The van der Waals surface area contributed by atoms with Gasteiger partial charge >= 0.3 is 0 Å². The molecule has 1 aromatic heterocycles. The first kappa shape index (κ1) is 14.5. The van der Waals surface area contributed by atoms with Gasteiger partial charge in [0, 0.05) is 24.5 Å². The third-order valence-corrected chi connectivity index (χ3v) is 3.18. The standard InChI is InChI=1S/C15H21N3O2/c1-15(2,3)18-14(20)12-8-11(12)13(19)17-9-10-4-6-16-7-5-10/h4-7,11-12H,8-9H2,1-3H3,(H,17,19)(H,18,20). The van der Waals surface area contributed by atoms with Crippen LogP contribution in [0.5, 0.6) is 0 Å². The van der Waals surface area contributed by atoms with Crippen molar-refractivity contribution in [2.24, 2.45) is 11.8 Å². The van der Waals surface area contributed by atoms with E-state index in [0.717, 1.165) is 5.56 Å². The molecule has 5 heteroatoms. The van der Waals surface area contributed by atoms with Gasteiger partial charge in [0.05, 0.1) is 11.8 Å². The maximum atomic E-state index is 12.0. The molecule has 2 amide bonds. The van der Waals surface area contributed by atoms with Gasteiger partial charge in [0.25, 0.3) is 0 Å². The van der Waals surface area contributed by atoms with Crippen molar-refractivity contribution in [2.75, 3.05) is 0 Å². The average Bonchev–Trinajstić information content (AvgIpc) is 3.15. The van der Waals surface area contributed by atoms with Crippen LogP contribution in [0.2, 0.25) is 0 Å². The quantitative estimate of drug-likeness (QED) is 0.868. The van der Waals surface area contributed by atoms with Crippen molar-refractivity contribution >= 4 is 11.8 Å². The van der Waals surface area contributed by atoms with E-state index in [-0.39, 0.29) is 29.2 Å². The zero-order chi connectivity index (χ0) is 14.8. The smallest absolute Gasteiger partial charge is 0.224 e. The molecule has 5 nitrogen and oxygen atoms in total. The molecule has 0 bridgehead atoms. The summed E-state index contributed by atoms with van der Waals surface area (Å²) < 4.78 is 0. The van der Waals surface area contributed by atoms with E-state index >= 15 is 0 Å². The van der Waals surface area contributed by atoms with Crippen LogP contribution in [0, 0.1) is 11.8 Å². The monoisotopic (exact) mass is 275 g/mol. The second-order valence-electron chi connectivity index (χ2n) is 6.26. The number of nitrogens with zero attached hydrogens (tertiary/aromatic N) is 1. The number of amides is 2. The van der Waals surface area contributed by atoms with E-state index in [1.54, 1.807) is 12.4 Å². The van der Waals surface area contributed by atoms with Gasteiger partial charge in [-0.05, 0) is 44.9 Å². The summed E-state index contributed by atoms with van der Waals surface area (Å²) in [5.74, 6) is -0.428. The number of rotatable bonds is 4. The maximum Gasteiger partial charge on any atom is 0.224 e. The molecule has 0 radical (unpaired) electrons. The second kappa shape index (κ2) is 5.61. The predicted molar refractivity (Wildman–Crippen MR) is 75.6 cm³/mol. The first-order valence-electron chi connectivity index (χ1n) is 6.85. The molecule has 1 heterocycles. The Morgan fingerprint density at radius 1 is 1.20 bits per heavy atom. The largest absolute Gasteiger partial charge is 0.352 e. The molecule has 2 rings (SSSR count). The summed E-state index contributed by atoms with van der Waals surface area (Å²) in [4.78, 5) is 27.8. The lowest BCUT2D eigenvalue weighted by atomic mass is 10.1. The number of pyridine rings is 1. The van der Waals surface area contributed by atoms with Crippen molar-refractivity contribution in [3.63, 3.8) is 0 Å². The van der Waals surface area contributed by atoms with Gasteiger partial charge in [-0.3, -0.25) is 14.6 Å². The Hall–Kier alpha value is -1.91. The topological polar surface area (TPSA) is 71.1 Å². The lowest BCUT2D eigenvalue weighted by Crippen LogP contribution is -2.42. The SMILES string of the molecule is CC(C)(C)NC(=O)C1CC1C(=O)NCc1ccncc1. The van der Waals surface area contributed by atoms with Crippen LogP contribution in [0.3, 0.4) is 0 Å². The van der Waals surface area contributed by atoms with Crippen molar-refractivity contribution < 1.29 is 9.59 Å². The van der Waals surface area contributed by atoms with E-state index in [2.05, 4.69) is 15.6 Å². The fraction of sp³-hybridized carbons (Fsp3) is 0.533. The maximum absolute atomic E-state index is 12.0. The fourth-order valence-corrected chi connectivity index (χ4v) is 2.06. The number of carbonyl (C=O) groups is 2. The highest BCUT2D eigenvalue weighted by atomic mass is 16.2. The third kappa shape index (κ3) is 4.05. The molecule has 0 aliphatic heterocycles. The number of hydrogen-bond donors (Lipinski definition) is 2. The molecule has 2 unspecified atom stereocenters. The summed E-state index contributed by atoms with van der Waals surface area (Å²) in [6.07, 6.45) is 4.03. The van der Waals surface area contributed by atoms with Gasteiger partial charge in [-0.25, -0.2) is 0 Å². The zero-order valence-corrected chi connectivity index (χ0v) is 12.1. The summed E-state index contributed by atoms with van der Waals surface area (Å²) in [5.41, 5.74) is 0.752. The highest BCUT2D eigenvalue weighted by Crippen LogP contribution is 2.39. The molecule has 0 spiro atoms. The molecule has 0 aromatic carbocycles. The van der Waals surface area contributed by atoms with Crippen molar-refractivity contribution in [1.29, 1.82) is 0 Å². The number of nitrogens with one attached hydrogen (secondary N) is 2. The minimum atomic E-state index is -0.252. The normalized spacial score (nSPS) is 21.1.